The smallest absolute Gasteiger partial charge is 0.335 e. The predicted molar refractivity (Wildman–Crippen MR) is 77.2 cm³/mol. The monoisotopic (exact) mass is 275 g/mol. The molecule has 0 radical (unpaired) electrons. The lowest BCUT2D eigenvalue weighted by Gasteiger charge is -2.30. The molecular weight excluding hydrogens is 254 g/mol. The van der Waals surface area contributed by atoms with Gasteiger partial charge in [0.2, 0.25) is 0 Å². The summed E-state index contributed by atoms with van der Waals surface area (Å²) in [6.45, 7) is 4.62. The third-order valence-corrected chi connectivity index (χ3v) is 4.11. The minimum Gasteiger partial charge on any atom is -0.478 e. The molecule has 0 unspecified atom stereocenters. The van der Waals surface area contributed by atoms with Crippen LogP contribution < -0.4 is 0 Å². The highest BCUT2D eigenvalue weighted by atomic mass is 16.4. The predicted octanol–water partition coefficient (Wildman–Crippen LogP) is 2.69. The zero-order valence-corrected chi connectivity index (χ0v) is 11.8. The molecule has 1 N–H and O–H groups in total. The number of carboxylic acids is 1. The van der Waals surface area contributed by atoms with Gasteiger partial charge in [-0.05, 0) is 44.0 Å². The van der Waals surface area contributed by atoms with Crippen LogP contribution in [0.5, 0.6) is 0 Å². The van der Waals surface area contributed by atoms with Crippen LogP contribution in [0.25, 0.3) is 0 Å². The summed E-state index contributed by atoms with van der Waals surface area (Å²) in [5, 5.41) is 8.83. The number of carbonyl (C=O) groups excluding carboxylic acids is 1. The molecule has 1 aromatic rings. The first-order valence-electron chi connectivity index (χ1n) is 7.19. The Morgan fingerprint density at radius 3 is 2.20 bits per heavy atom. The Morgan fingerprint density at radius 2 is 1.70 bits per heavy atom. The molecule has 0 atom stereocenters. The first-order chi connectivity index (χ1) is 9.60. The SMILES string of the molecule is CCC1CCN(CC(=O)c2ccc(C(=O)O)cc2)CC1. The van der Waals surface area contributed by atoms with Crippen LogP contribution >= 0.6 is 0 Å². The fourth-order valence-corrected chi connectivity index (χ4v) is 2.65. The fraction of sp³-hybridized carbons (Fsp3) is 0.500. The second-order valence-corrected chi connectivity index (χ2v) is 5.43. The van der Waals surface area contributed by atoms with Crippen LogP contribution in [0.4, 0.5) is 0 Å². The lowest BCUT2D eigenvalue weighted by molar-refractivity contribution is 0.0696. The van der Waals surface area contributed by atoms with Crippen molar-refractivity contribution in [2.75, 3.05) is 19.6 Å². The summed E-state index contributed by atoms with van der Waals surface area (Å²) in [5.74, 6) is -0.0984. The first kappa shape index (κ1) is 14.7. The number of aromatic carboxylic acids is 1. The lowest BCUT2D eigenvalue weighted by Crippen LogP contribution is -2.37. The van der Waals surface area contributed by atoms with E-state index in [1.807, 2.05) is 0 Å². The third kappa shape index (κ3) is 3.67. The second kappa shape index (κ2) is 6.66. The number of hydrogen-bond acceptors (Lipinski definition) is 3. The van der Waals surface area contributed by atoms with E-state index >= 15 is 0 Å². The number of piperidine rings is 1. The van der Waals surface area contributed by atoms with Gasteiger partial charge in [-0.15, -0.1) is 0 Å². The summed E-state index contributed by atoms with van der Waals surface area (Å²) in [6, 6.07) is 6.17. The summed E-state index contributed by atoms with van der Waals surface area (Å²) >= 11 is 0. The van der Waals surface area contributed by atoms with Gasteiger partial charge >= 0.3 is 5.97 Å². The average molecular weight is 275 g/mol. The lowest BCUT2D eigenvalue weighted by atomic mass is 9.94. The maximum absolute atomic E-state index is 12.2. The Kier molecular flexibility index (Phi) is 4.90. The van der Waals surface area contributed by atoms with Crippen molar-refractivity contribution in [3.05, 3.63) is 35.4 Å². The molecule has 0 aliphatic carbocycles. The molecule has 4 nitrogen and oxygen atoms in total. The van der Waals surface area contributed by atoms with Crippen molar-refractivity contribution in [1.29, 1.82) is 0 Å². The number of carboxylic acid groups (broad SMARTS) is 1. The molecule has 2 rings (SSSR count). The van der Waals surface area contributed by atoms with E-state index in [0.717, 1.165) is 19.0 Å². The molecule has 0 spiro atoms. The molecule has 0 aromatic heterocycles. The Labute approximate surface area is 119 Å². The van der Waals surface area contributed by atoms with Crippen molar-refractivity contribution in [3.8, 4) is 0 Å². The standard InChI is InChI=1S/C16H21NO3/c1-2-12-7-9-17(10-8-12)11-15(18)13-3-5-14(6-4-13)16(19)20/h3-6,12H,2,7-11H2,1H3,(H,19,20). The number of carbonyl (C=O) groups is 2. The zero-order valence-electron chi connectivity index (χ0n) is 11.8. The normalized spacial score (nSPS) is 17.1. The summed E-state index contributed by atoms with van der Waals surface area (Å²) in [7, 11) is 0. The summed E-state index contributed by atoms with van der Waals surface area (Å²) in [6.07, 6.45) is 3.56. The second-order valence-electron chi connectivity index (χ2n) is 5.43. The van der Waals surface area contributed by atoms with Crippen molar-refractivity contribution >= 4 is 11.8 Å². The Balaban J connectivity index is 1.90. The quantitative estimate of drug-likeness (QED) is 0.839. The van der Waals surface area contributed by atoms with Gasteiger partial charge in [0.15, 0.2) is 5.78 Å². The average Bonchev–Trinajstić information content (AvgIpc) is 2.48. The van der Waals surface area contributed by atoms with E-state index in [9.17, 15) is 9.59 Å². The molecule has 20 heavy (non-hydrogen) atoms. The van der Waals surface area contributed by atoms with Crippen LogP contribution in [0.3, 0.4) is 0 Å². The minimum atomic E-state index is -0.967. The van der Waals surface area contributed by atoms with Gasteiger partial charge in [-0.2, -0.15) is 0 Å². The topological polar surface area (TPSA) is 57.6 Å². The number of likely N-dealkylation sites (tertiary alicyclic amines) is 1. The van der Waals surface area contributed by atoms with Gasteiger partial charge in [-0.3, -0.25) is 9.69 Å². The fourth-order valence-electron chi connectivity index (χ4n) is 2.65. The van der Waals surface area contributed by atoms with Gasteiger partial charge in [0.25, 0.3) is 0 Å². The molecule has 1 aliphatic heterocycles. The number of Topliss-reactive ketones (excluding diaryl/α,β-unsaturated/α-hetero) is 1. The van der Waals surface area contributed by atoms with E-state index in [1.165, 1.54) is 31.4 Å². The molecule has 108 valence electrons. The van der Waals surface area contributed by atoms with Crippen molar-refractivity contribution in [3.63, 3.8) is 0 Å². The van der Waals surface area contributed by atoms with Crippen molar-refractivity contribution in [2.24, 2.45) is 5.92 Å². The van der Waals surface area contributed by atoms with Gasteiger partial charge in [-0.25, -0.2) is 4.79 Å². The van der Waals surface area contributed by atoms with E-state index in [2.05, 4.69) is 11.8 Å². The maximum atomic E-state index is 12.2. The maximum Gasteiger partial charge on any atom is 0.335 e. The Hall–Kier alpha value is -1.68. The van der Waals surface area contributed by atoms with E-state index in [4.69, 9.17) is 5.11 Å². The molecule has 1 fully saturated rings. The molecule has 1 saturated heterocycles. The van der Waals surface area contributed by atoms with Crippen molar-refractivity contribution in [1.82, 2.24) is 4.90 Å². The Bertz CT molecular complexity index is 473. The van der Waals surface area contributed by atoms with Crippen molar-refractivity contribution in [2.45, 2.75) is 26.2 Å². The molecule has 1 heterocycles. The van der Waals surface area contributed by atoms with Crippen LogP contribution in [0.15, 0.2) is 24.3 Å². The Morgan fingerprint density at radius 1 is 1.15 bits per heavy atom. The molecular formula is C16H21NO3. The molecule has 0 amide bonds. The van der Waals surface area contributed by atoms with Crippen LogP contribution in [-0.2, 0) is 0 Å². The molecule has 0 saturated carbocycles. The van der Waals surface area contributed by atoms with Gasteiger partial charge in [0, 0.05) is 5.56 Å². The van der Waals surface area contributed by atoms with Crippen LogP contribution in [-0.4, -0.2) is 41.4 Å². The highest BCUT2D eigenvalue weighted by molar-refractivity contribution is 5.98. The molecule has 0 bridgehead atoms. The van der Waals surface area contributed by atoms with E-state index in [0.29, 0.717) is 12.1 Å². The number of hydrogen-bond donors (Lipinski definition) is 1. The zero-order chi connectivity index (χ0) is 14.5. The summed E-state index contributed by atoms with van der Waals surface area (Å²) < 4.78 is 0. The third-order valence-electron chi connectivity index (χ3n) is 4.11. The van der Waals surface area contributed by atoms with E-state index in [1.54, 1.807) is 12.1 Å². The highest BCUT2D eigenvalue weighted by Gasteiger charge is 2.20. The molecule has 1 aromatic carbocycles. The van der Waals surface area contributed by atoms with E-state index in [-0.39, 0.29) is 11.3 Å². The largest absolute Gasteiger partial charge is 0.478 e. The van der Waals surface area contributed by atoms with Gasteiger partial charge < -0.3 is 5.11 Å². The first-order valence-corrected chi connectivity index (χ1v) is 7.19. The number of rotatable bonds is 5. The number of benzene rings is 1. The van der Waals surface area contributed by atoms with Crippen LogP contribution in [0.2, 0.25) is 0 Å². The summed E-state index contributed by atoms with van der Waals surface area (Å²) in [5.41, 5.74) is 0.804. The van der Waals surface area contributed by atoms with Crippen LogP contribution in [0.1, 0.15) is 46.9 Å². The number of nitrogens with zero attached hydrogens (tertiary/aromatic N) is 1. The van der Waals surface area contributed by atoms with Crippen LogP contribution in [0, 0.1) is 5.92 Å². The highest BCUT2D eigenvalue weighted by Crippen LogP contribution is 2.20. The number of ketones is 1. The van der Waals surface area contributed by atoms with Gasteiger partial charge in [-0.1, -0.05) is 25.5 Å². The minimum absolute atomic E-state index is 0.0666. The van der Waals surface area contributed by atoms with E-state index < -0.39 is 5.97 Å². The summed E-state index contributed by atoms with van der Waals surface area (Å²) in [4.78, 5) is 25.1. The van der Waals surface area contributed by atoms with Crippen molar-refractivity contribution < 1.29 is 14.7 Å². The van der Waals surface area contributed by atoms with Gasteiger partial charge in [0.05, 0.1) is 12.1 Å². The molecule has 4 heteroatoms. The molecule has 1 aliphatic rings. The van der Waals surface area contributed by atoms with Gasteiger partial charge in [0.1, 0.15) is 0 Å².